The van der Waals surface area contributed by atoms with Crippen molar-refractivity contribution in [2.45, 2.75) is 83.8 Å². The molecule has 3 heterocycles. The molecule has 3 N–H and O–H groups in total. The first-order valence-corrected chi connectivity index (χ1v) is 12.8. The first-order chi connectivity index (χ1) is 16.8. The van der Waals surface area contributed by atoms with Crippen molar-refractivity contribution in [3.8, 4) is 0 Å². The lowest BCUT2D eigenvalue weighted by molar-refractivity contribution is -0.000555. The molecule has 1 aliphatic heterocycles. The summed E-state index contributed by atoms with van der Waals surface area (Å²) < 4.78 is 27.8. The molecule has 0 saturated heterocycles. The van der Waals surface area contributed by atoms with Gasteiger partial charge in [0.1, 0.15) is 5.82 Å². The van der Waals surface area contributed by atoms with E-state index in [-0.39, 0.29) is 17.5 Å². The minimum atomic E-state index is -2.29. The van der Waals surface area contributed by atoms with Gasteiger partial charge in [0.05, 0.1) is 23.5 Å². The maximum atomic E-state index is 12.8. The number of aryl methyl sites for hydroxylation is 2. The lowest BCUT2D eigenvalue weighted by Crippen LogP contribution is -2.56. The Labute approximate surface area is 206 Å². The fourth-order valence-electron chi connectivity index (χ4n) is 6.64. The summed E-state index contributed by atoms with van der Waals surface area (Å²) in [7, 11) is 1.84. The summed E-state index contributed by atoms with van der Waals surface area (Å²) in [6, 6.07) is 2.07. The fraction of sp³-hybridized carbons (Fsp3) is 0.654. The van der Waals surface area contributed by atoms with Gasteiger partial charge in [0, 0.05) is 61.8 Å². The number of rotatable bonds is 8. The van der Waals surface area contributed by atoms with Crippen molar-refractivity contribution in [1.82, 2.24) is 20.1 Å². The van der Waals surface area contributed by atoms with Crippen molar-refractivity contribution < 1.29 is 8.78 Å². The van der Waals surface area contributed by atoms with Crippen molar-refractivity contribution in [2.75, 3.05) is 30.4 Å². The second kappa shape index (κ2) is 9.15. The van der Waals surface area contributed by atoms with Gasteiger partial charge in [-0.3, -0.25) is 4.68 Å². The average molecular weight is 486 g/mol. The molecule has 4 aliphatic rings. The highest BCUT2D eigenvalue weighted by Gasteiger charge is 2.49. The summed E-state index contributed by atoms with van der Waals surface area (Å²) in [5, 5.41) is 19.3. The average Bonchev–Trinajstić information content (AvgIpc) is 3.17. The number of nitrogens with one attached hydrogen (secondary N) is 3. The van der Waals surface area contributed by atoms with E-state index in [0.717, 1.165) is 93.0 Å². The number of anilines is 2. The summed E-state index contributed by atoms with van der Waals surface area (Å²) in [6.07, 6.45) is 6.21. The SMILES string of the molecule is CNc1nc(C)cc(N2CCc3c(c(C)nn3CC34CCC(NCC(F)F)(CC3)CC4)C2)c1C=N. The van der Waals surface area contributed by atoms with Crippen LogP contribution in [-0.2, 0) is 19.5 Å². The number of alkyl halides is 2. The van der Waals surface area contributed by atoms with Crippen LogP contribution in [-0.4, -0.2) is 53.1 Å². The zero-order valence-corrected chi connectivity index (χ0v) is 21.1. The first-order valence-electron chi connectivity index (χ1n) is 12.8. The molecule has 3 aliphatic carbocycles. The van der Waals surface area contributed by atoms with Crippen LogP contribution in [0.1, 0.15) is 66.7 Å². The molecular weight excluding hydrogens is 448 g/mol. The van der Waals surface area contributed by atoms with Crippen molar-refractivity contribution in [1.29, 1.82) is 5.41 Å². The standard InChI is InChI=1S/C26H37F2N7/c1-17-12-22(19(13-29)24(30-3)32-17)34-11-4-21-20(15-34)18(2)33-35(21)16-25-5-8-26(9-6-25,10-7-25)31-14-23(27)28/h12-13,23,29,31H,4-11,14-16H2,1-3H3,(H,30,32). The third kappa shape index (κ3) is 4.43. The van der Waals surface area contributed by atoms with Crippen LogP contribution in [0.5, 0.6) is 0 Å². The first kappa shape index (κ1) is 24.2. The number of aromatic nitrogens is 3. The van der Waals surface area contributed by atoms with E-state index in [2.05, 4.69) is 38.2 Å². The predicted octanol–water partition coefficient (Wildman–Crippen LogP) is 4.44. The Morgan fingerprint density at radius 1 is 1.17 bits per heavy atom. The number of pyridine rings is 1. The molecule has 0 aromatic carbocycles. The van der Waals surface area contributed by atoms with Crippen LogP contribution in [0.2, 0.25) is 0 Å². The van der Waals surface area contributed by atoms with Crippen LogP contribution in [0.4, 0.5) is 20.3 Å². The van der Waals surface area contributed by atoms with Crippen molar-refractivity contribution in [3.05, 3.63) is 34.3 Å². The molecule has 0 unspecified atom stereocenters. The van der Waals surface area contributed by atoms with E-state index >= 15 is 0 Å². The zero-order chi connectivity index (χ0) is 24.8. The summed E-state index contributed by atoms with van der Waals surface area (Å²) in [6.45, 7) is 6.48. The minimum Gasteiger partial charge on any atom is -0.373 e. The van der Waals surface area contributed by atoms with Crippen LogP contribution in [0.15, 0.2) is 6.07 Å². The van der Waals surface area contributed by atoms with Crippen LogP contribution in [0, 0.1) is 24.7 Å². The fourth-order valence-corrected chi connectivity index (χ4v) is 6.64. The Hall–Kier alpha value is -2.55. The van der Waals surface area contributed by atoms with Crippen LogP contribution in [0.3, 0.4) is 0 Å². The molecule has 0 spiro atoms. The van der Waals surface area contributed by atoms with E-state index in [9.17, 15) is 8.78 Å². The molecule has 3 saturated carbocycles. The quantitative estimate of drug-likeness (QED) is 0.482. The third-order valence-corrected chi connectivity index (χ3v) is 8.74. The van der Waals surface area contributed by atoms with Crippen molar-refractivity contribution in [2.24, 2.45) is 5.41 Å². The zero-order valence-electron chi connectivity index (χ0n) is 21.1. The van der Waals surface area contributed by atoms with Gasteiger partial charge in [-0.15, -0.1) is 0 Å². The number of hydrogen-bond acceptors (Lipinski definition) is 6. The minimum absolute atomic E-state index is 0.0837. The Bertz CT molecular complexity index is 1090. The molecular formula is C26H37F2N7. The topological polar surface area (TPSA) is 81.9 Å². The highest BCUT2D eigenvalue weighted by molar-refractivity contribution is 5.92. The van der Waals surface area contributed by atoms with Crippen LogP contribution in [0.25, 0.3) is 0 Å². The van der Waals surface area contributed by atoms with E-state index in [1.54, 1.807) is 0 Å². The highest BCUT2D eigenvalue weighted by atomic mass is 19.3. The Kier molecular flexibility index (Phi) is 6.32. The number of nitrogens with zero attached hydrogens (tertiary/aromatic N) is 4. The van der Waals surface area contributed by atoms with Gasteiger partial charge in [-0.2, -0.15) is 5.10 Å². The van der Waals surface area contributed by atoms with Gasteiger partial charge in [-0.1, -0.05) is 0 Å². The number of halogens is 2. The van der Waals surface area contributed by atoms with Gasteiger partial charge in [-0.05, 0) is 63.9 Å². The largest absolute Gasteiger partial charge is 0.373 e. The van der Waals surface area contributed by atoms with E-state index in [4.69, 9.17) is 10.5 Å². The smallest absolute Gasteiger partial charge is 0.250 e. The molecule has 2 bridgehead atoms. The maximum Gasteiger partial charge on any atom is 0.250 e. The summed E-state index contributed by atoms with van der Waals surface area (Å²) in [5.74, 6) is 0.737. The molecule has 0 amide bonds. The molecule has 6 rings (SSSR count). The highest BCUT2D eigenvalue weighted by Crippen LogP contribution is 2.53. The van der Waals surface area contributed by atoms with Gasteiger partial charge >= 0.3 is 0 Å². The van der Waals surface area contributed by atoms with Gasteiger partial charge < -0.3 is 20.9 Å². The molecule has 0 radical (unpaired) electrons. The Balaban J connectivity index is 1.33. The molecule has 2 aromatic heterocycles. The molecule has 3 fully saturated rings. The summed E-state index contributed by atoms with van der Waals surface area (Å²) in [5.41, 5.74) is 6.65. The van der Waals surface area contributed by atoms with Gasteiger partial charge in [0.25, 0.3) is 6.43 Å². The molecule has 35 heavy (non-hydrogen) atoms. The molecule has 190 valence electrons. The Morgan fingerprint density at radius 3 is 2.51 bits per heavy atom. The molecule has 7 nitrogen and oxygen atoms in total. The van der Waals surface area contributed by atoms with Crippen LogP contribution < -0.4 is 15.5 Å². The lowest BCUT2D eigenvalue weighted by Gasteiger charge is -2.54. The van der Waals surface area contributed by atoms with Gasteiger partial charge in [-0.25, -0.2) is 13.8 Å². The van der Waals surface area contributed by atoms with Crippen molar-refractivity contribution in [3.63, 3.8) is 0 Å². The predicted molar refractivity (Wildman–Crippen MR) is 135 cm³/mol. The normalized spacial score (nSPS) is 25.7. The second-order valence-electron chi connectivity index (χ2n) is 10.8. The van der Waals surface area contributed by atoms with Gasteiger partial charge in [0.15, 0.2) is 0 Å². The maximum absolute atomic E-state index is 12.8. The van der Waals surface area contributed by atoms with E-state index in [1.807, 2.05) is 14.0 Å². The molecule has 9 heteroatoms. The monoisotopic (exact) mass is 485 g/mol. The summed E-state index contributed by atoms with van der Waals surface area (Å²) >= 11 is 0. The van der Waals surface area contributed by atoms with Crippen molar-refractivity contribution >= 4 is 17.7 Å². The molecule has 0 atom stereocenters. The van der Waals surface area contributed by atoms with Crippen LogP contribution >= 0.6 is 0 Å². The van der Waals surface area contributed by atoms with E-state index in [1.165, 1.54) is 17.5 Å². The summed E-state index contributed by atoms with van der Waals surface area (Å²) in [4.78, 5) is 6.89. The lowest BCUT2D eigenvalue weighted by atomic mass is 9.57. The Morgan fingerprint density at radius 2 is 1.89 bits per heavy atom. The molecule has 2 aromatic rings. The van der Waals surface area contributed by atoms with Gasteiger partial charge in [0.2, 0.25) is 0 Å². The number of hydrogen-bond donors (Lipinski definition) is 3. The number of fused-ring (bicyclic) bond motifs is 4. The second-order valence-corrected chi connectivity index (χ2v) is 10.8. The van der Waals surface area contributed by atoms with E-state index in [0.29, 0.717) is 0 Å². The third-order valence-electron chi connectivity index (χ3n) is 8.74. The van der Waals surface area contributed by atoms with E-state index < -0.39 is 6.43 Å².